The first kappa shape index (κ1) is 17.9. The normalized spacial score (nSPS) is 27.4. The Balaban J connectivity index is 1.63. The summed E-state index contributed by atoms with van der Waals surface area (Å²) in [5.41, 5.74) is 1.16. The molecule has 0 aromatic carbocycles. The van der Waals surface area contributed by atoms with Crippen LogP contribution in [0.5, 0.6) is 0 Å². The van der Waals surface area contributed by atoms with Gasteiger partial charge in [-0.15, -0.1) is 0 Å². The summed E-state index contributed by atoms with van der Waals surface area (Å²) in [5, 5.41) is 3.75. The summed E-state index contributed by atoms with van der Waals surface area (Å²) in [5.74, 6) is 0.353. The van der Waals surface area contributed by atoms with Gasteiger partial charge < -0.3 is 14.2 Å². The standard InChI is InChI=1S/C17H25N3O5S/c1-3-15-16(11(2)25-18-15)17(21)20-7-12-6-19(8-13(20)10-24-9-12)26(22,23)14-4-5-14/h12-14H,3-10H2,1-2H3/t12-,13-/m0/s1. The highest BCUT2D eigenvalue weighted by Gasteiger charge is 2.45. The molecule has 0 unspecified atom stereocenters. The van der Waals surface area contributed by atoms with Crippen molar-refractivity contribution >= 4 is 15.9 Å². The van der Waals surface area contributed by atoms with Crippen LogP contribution in [0.15, 0.2) is 4.52 Å². The highest BCUT2D eigenvalue weighted by Crippen LogP contribution is 2.34. The highest BCUT2D eigenvalue weighted by molar-refractivity contribution is 7.90. The van der Waals surface area contributed by atoms with Crippen molar-refractivity contribution in [3.8, 4) is 0 Å². The molecule has 26 heavy (non-hydrogen) atoms. The molecule has 2 atom stereocenters. The van der Waals surface area contributed by atoms with E-state index in [-0.39, 0.29) is 23.1 Å². The monoisotopic (exact) mass is 383 g/mol. The lowest BCUT2D eigenvalue weighted by Gasteiger charge is -2.30. The van der Waals surface area contributed by atoms with Crippen LogP contribution >= 0.6 is 0 Å². The van der Waals surface area contributed by atoms with Gasteiger partial charge in [0.15, 0.2) is 0 Å². The molecule has 2 saturated heterocycles. The second kappa shape index (κ2) is 6.61. The van der Waals surface area contributed by atoms with E-state index in [1.807, 2.05) is 6.92 Å². The summed E-state index contributed by atoms with van der Waals surface area (Å²) in [6.07, 6.45) is 2.10. The van der Waals surface area contributed by atoms with Gasteiger partial charge in [-0.05, 0) is 26.2 Å². The van der Waals surface area contributed by atoms with Crippen LogP contribution in [-0.4, -0.2) is 72.8 Å². The van der Waals surface area contributed by atoms with Crippen LogP contribution in [0.2, 0.25) is 0 Å². The summed E-state index contributed by atoms with van der Waals surface area (Å²) >= 11 is 0. The fourth-order valence-corrected chi connectivity index (χ4v) is 5.86. The lowest BCUT2D eigenvalue weighted by atomic mass is 10.1. The summed E-state index contributed by atoms with van der Waals surface area (Å²) in [6, 6.07) is -0.289. The fourth-order valence-electron chi connectivity index (χ4n) is 3.91. The molecule has 4 rings (SSSR count). The molecule has 2 aliphatic heterocycles. The molecule has 144 valence electrons. The first-order valence-corrected chi connectivity index (χ1v) is 10.7. The van der Waals surface area contributed by atoms with E-state index >= 15 is 0 Å². The van der Waals surface area contributed by atoms with Gasteiger partial charge in [0, 0.05) is 25.6 Å². The molecule has 3 heterocycles. The molecule has 9 heteroatoms. The van der Waals surface area contributed by atoms with Gasteiger partial charge in [0.2, 0.25) is 10.0 Å². The zero-order valence-electron chi connectivity index (χ0n) is 15.2. The van der Waals surface area contributed by atoms with Crippen molar-refractivity contribution in [2.24, 2.45) is 5.92 Å². The minimum Gasteiger partial charge on any atom is -0.379 e. The van der Waals surface area contributed by atoms with Crippen LogP contribution in [0, 0.1) is 12.8 Å². The predicted octanol–water partition coefficient (Wildman–Crippen LogP) is 0.810. The molecule has 2 bridgehead atoms. The third-order valence-corrected chi connectivity index (χ3v) is 7.82. The predicted molar refractivity (Wildman–Crippen MR) is 93.3 cm³/mol. The lowest BCUT2D eigenvalue weighted by molar-refractivity contribution is 0.0539. The first-order valence-electron chi connectivity index (χ1n) is 9.24. The molecule has 1 aromatic heterocycles. The Morgan fingerprint density at radius 2 is 2.00 bits per heavy atom. The maximum atomic E-state index is 13.3. The molecule has 1 aliphatic carbocycles. The smallest absolute Gasteiger partial charge is 0.259 e. The topological polar surface area (TPSA) is 93.0 Å². The number of hydrogen-bond donors (Lipinski definition) is 0. The number of carbonyl (C=O) groups is 1. The van der Waals surface area contributed by atoms with Crippen LogP contribution in [0.1, 0.15) is 41.6 Å². The van der Waals surface area contributed by atoms with Crippen molar-refractivity contribution in [1.82, 2.24) is 14.4 Å². The molecule has 3 fully saturated rings. The van der Waals surface area contributed by atoms with E-state index in [9.17, 15) is 13.2 Å². The third kappa shape index (κ3) is 3.05. The molecule has 1 saturated carbocycles. The highest BCUT2D eigenvalue weighted by atomic mass is 32.2. The SMILES string of the molecule is CCc1noc(C)c1C(=O)N1C[C@H]2COC[C@@H]1CN(S(=O)(=O)C1CC1)C2. The number of ether oxygens (including phenoxy) is 1. The van der Waals surface area contributed by atoms with E-state index in [0.717, 1.165) is 12.8 Å². The first-order chi connectivity index (χ1) is 12.4. The van der Waals surface area contributed by atoms with E-state index in [0.29, 0.717) is 56.3 Å². The van der Waals surface area contributed by atoms with Gasteiger partial charge in [-0.3, -0.25) is 4.79 Å². The van der Waals surface area contributed by atoms with Gasteiger partial charge in [0.25, 0.3) is 5.91 Å². The van der Waals surface area contributed by atoms with Crippen LogP contribution in [-0.2, 0) is 21.2 Å². The van der Waals surface area contributed by atoms with Gasteiger partial charge >= 0.3 is 0 Å². The average molecular weight is 383 g/mol. The second-order valence-corrected chi connectivity index (χ2v) is 9.70. The molecular weight excluding hydrogens is 358 g/mol. The van der Waals surface area contributed by atoms with E-state index in [2.05, 4.69) is 5.16 Å². The maximum Gasteiger partial charge on any atom is 0.259 e. The Labute approximate surface area is 153 Å². The average Bonchev–Trinajstić information content (AvgIpc) is 3.40. The molecule has 0 N–H and O–H groups in total. The van der Waals surface area contributed by atoms with Gasteiger partial charge in [-0.1, -0.05) is 12.1 Å². The van der Waals surface area contributed by atoms with E-state index in [4.69, 9.17) is 9.26 Å². The molecule has 1 aromatic rings. The van der Waals surface area contributed by atoms with Gasteiger partial charge in [-0.25, -0.2) is 8.42 Å². The number of aromatic nitrogens is 1. The third-order valence-electron chi connectivity index (χ3n) is 5.48. The number of fused-ring (bicyclic) bond motifs is 3. The number of hydrogen-bond acceptors (Lipinski definition) is 6. The van der Waals surface area contributed by atoms with Crippen molar-refractivity contribution in [1.29, 1.82) is 0 Å². The summed E-state index contributed by atoms with van der Waals surface area (Å²) < 4.78 is 38.0. The van der Waals surface area contributed by atoms with Gasteiger partial charge in [0.05, 0.1) is 30.2 Å². The second-order valence-electron chi connectivity index (χ2n) is 7.49. The van der Waals surface area contributed by atoms with Gasteiger partial charge in [-0.2, -0.15) is 4.31 Å². The number of carbonyl (C=O) groups excluding carboxylic acids is 1. The Bertz CT molecular complexity index is 801. The van der Waals surface area contributed by atoms with Crippen LogP contribution < -0.4 is 0 Å². The fraction of sp³-hybridized carbons (Fsp3) is 0.765. The van der Waals surface area contributed by atoms with Crippen molar-refractivity contribution in [3.05, 3.63) is 17.0 Å². The molecule has 3 aliphatic rings. The van der Waals surface area contributed by atoms with Crippen molar-refractivity contribution in [2.45, 2.75) is 44.4 Å². The molecule has 0 radical (unpaired) electrons. The number of amides is 1. The van der Waals surface area contributed by atoms with Gasteiger partial charge in [0.1, 0.15) is 11.3 Å². The lowest BCUT2D eigenvalue weighted by Crippen LogP contribution is -2.48. The Kier molecular flexibility index (Phi) is 4.56. The number of rotatable bonds is 4. The molecule has 8 nitrogen and oxygen atoms in total. The Morgan fingerprint density at radius 3 is 2.69 bits per heavy atom. The minimum atomic E-state index is -3.27. The summed E-state index contributed by atoms with van der Waals surface area (Å²) in [7, 11) is -3.27. The number of nitrogens with zero attached hydrogens (tertiary/aromatic N) is 3. The van der Waals surface area contributed by atoms with Crippen molar-refractivity contribution in [3.63, 3.8) is 0 Å². The minimum absolute atomic E-state index is 0.0229. The molecule has 0 spiro atoms. The quantitative estimate of drug-likeness (QED) is 0.764. The van der Waals surface area contributed by atoms with Crippen molar-refractivity contribution in [2.75, 3.05) is 32.8 Å². The summed E-state index contributed by atoms with van der Waals surface area (Å²) in [4.78, 5) is 15.0. The number of sulfonamides is 1. The largest absolute Gasteiger partial charge is 0.379 e. The zero-order valence-corrected chi connectivity index (χ0v) is 16.0. The maximum absolute atomic E-state index is 13.3. The van der Waals surface area contributed by atoms with E-state index in [1.54, 1.807) is 16.1 Å². The van der Waals surface area contributed by atoms with Crippen LogP contribution in [0.3, 0.4) is 0 Å². The number of aryl methyl sites for hydroxylation is 2. The summed E-state index contributed by atoms with van der Waals surface area (Å²) in [6.45, 7) is 5.71. The molecule has 1 amide bonds. The molecular formula is C17H25N3O5S. The van der Waals surface area contributed by atoms with E-state index in [1.165, 1.54) is 0 Å². The van der Waals surface area contributed by atoms with Crippen LogP contribution in [0.4, 0.5) is 0 Å². The van der Waals surface area contributed by atoms with Crippen LogP contribution in [0.25, 0.3) is 0 Å². The Hall–Kier alpha value is -1.45. The Morgan fingerprint density at radius 1 is 1.23 bits per heavy atom. The van der Waals surface area contributed by atoms with E-state index < -0.39 is 10.0 Å². The zero-order chi connectivity index (χ0) is 18.5. The van der Waals surface area contributed by atoms with Crippen molar-refractivity contribution < 1.29 is 22.5 Å².